The molecule has 0 aliphatic carbocycles. The van der Waals surface area contributed by atoms with Crippen LogP contribution in [0.4, 0.5) is 15.8 Å². The molecule has 1 aliphatic rings. The van der Waals surface area contributed by atoms with Crippen LogP contribution in [0.5, 0.6) is 0 Å². The first-order valence-corrected chi connectivity index (χ1v) is 11.3. The summed E-state index contributed by atoms with van der Waals surface area (Å²) in [6, 6.07) is 11.5. The van der Waals surface area contributed by atoms with Gasteiger partial charge in [-0.15, -0.1) is 0 Å². The molecule has 5 nitrogen and oxygen atoms in total. The molecule has 2 aromatic rings. The molecule has 1 saturated heterocycles. The number of halogens is 2. The van der Waals surface area contributed by atoms with Gasteiger partial charge in [-0.1, -0.05) is 31.0 Å². The van der Waals surface area contributed by atoms with E-state index in [2.05, 4.69) is 33.8 Å². The Bertz CT molecular complexity index is 968. The lowest BCUT2D eigenvalue weighted by Crippen LogP contribution is -2.53. The van der Waals surface area contributed by atoms with Gasteiger partial charge in [0, 0.05) is 48.1 Å². The van der Waals surface area contributed by atoms with E-state index < -0.39 is 0 Å². The van der Waals surface area contributed by atoms with E-state index in [1.54, 1.807) is 18.2 Å². The molecule has 1 heterocycles. The summed E-state index contributed by atoms with van der Waals surface area (Å²) in [5, 5.41) is 3.65. The minimum absolute atomic E-state index is 0.00264. The maximum atomic E-state index is 13.9. The summed E-state index contributed by atoms with van der Waals surface area (Å²) in [6.45, 7) is 10.6. The van der Waals surface area contributed by atoms with Crippen molar-refractivity contribution >= 4 is 41.3 Å². The van der Waals surface area contributed by atoms with E-state index in [4.69, 9.17) is 11.6 Å². The standard InChI is InChI=1S/C25H30ClFN4O/c1-4-6-24(25(32)29-20-10-7-18(26)8-11-20)31-15-13-30(14-16-31)23(5-2)21-17-19(27)9-12-22(21)28-3/h5,7-12,17,24H,3-4,6,13-16H2,1-2H3,(H,29,32)/b23-5+. The van der Waals surface area contributed by atoms with Crippen LogP contribution in [-0.2, 0) is 4.79 Å². The van der Waals surface area contributed by atoms with Gasteiger partial charge in [-0.05, 0) is 62.5 Å². The molecule has 0 bridgehead atoms. The van der Waals surface area contributed by atoms with Crippen LogP contribution in [0, 0.1) is 5.82 Å². The van der Waals surface area contributed by atoms with Crippen molar-refractivity contribution in [2.45, 2.75) is 32.7 Å². The van der Waals surface area contributed by atoms with Crippen molar-refractivity contribution in [1.82, 2.24) is 9.80 Å². The topological polar surface area (TPSA) is 47.9 Å². The fourth-order valence-corrected chi connectivity index (χ4v) is 4.27. The van der Waals surface area contributed by atoms with E-state index in [1.807, 2.05) is 25.1 Å². The van der Waals surface area contributed by atoms with E-state index >= 15 is 0 Å². The van der Waals surface area contributed by atoms with Gasteiger partial charge in [-0.25, -0.2) is 4.39 Å². The molecule has 1 amide bonds. The maximum absolute atomic E-state index is 13.9. The third kappa shape index (κ3) is 5.75. The highest BCUT2D eigenvalue weighted by atomic mass is 35.5. The number of allylic oxidation sites excluding steroid dienone is 1. The Kier molecular flexibility index (Phi) is 8.42. The first-order valence-electron chi connectivity index (χ1n) is 10.9. The molecule has 32 heavy (non-hydrogen) atoms. The number of nitrogens with one attached hydrogen (secondary N) is 1. The van der Waals surface area contributed by atoms with Crippen molar-refractivity contribution in [3.63, 3.8) is 0 Å². The van der Waals surface area contributed by atoms with Crippen LogP contribution in [-0.4, -0.2) is 54.6 Å². The van der Waals surface area contributed by atoms with Gasteiger partial charge in [-0.2, -0.15) is 0 Å². The van der Waals surface area contributed by atoms with Gasteiger partial charge in [0.1, 0.15) is 5.82 Å². The molecule has 0 spiro atoms. The summed E-state index contributed by atoms with van der Waals surface area (Å²) in [5.41, 5.74) is 3.07. The summed E-state index contributed by atoms with van der Waals surface area (Å²) in [4.78, 5) is 21.5. The van der Waals surface area contributed by atoms with Crippen LogP contribution in [0.25, 0.3) is 5.70 Å². The Morgan fingerprint density at radius 3 is 2.50 bits per heavy atom. The monoisotopic (exact) mass is 456 g/mol. The van der Waals surface area contributed by atoms with Crippen molar-refractivity contribution in [2.24, 2.45) is 4.99 Å². The van der Waals surface area contributed by atoms with Gasteiger partial charge in [-0.3, -0.25) is 14.7 Å². The summed E-state index contributed by atoms with van der Waals surface area (Å²) in [6.07, 6.45) is 3.68. The molecule has 1 N–H and O–H groups in total. The van der Waals surface area contributed by atoms with Crippen LogP contribution < -0.4 is 5.32 Å². The number of carbonyl (C=O) groups excluding carboxylic acids is 1. The predicted octanol–water partition coefficient (Wildman–Crippen LogP) is 5.60. The number of aliphatic imine (C=N–C) groups is 1. The number of hydrogen-bond donors (Lipinski definition) is 1. The third-order valence-electron chi connectivity index (χ3n) is 5.75. The molecule has 170 valence electrons. The summed E-state index contributed by atoms with van der Waals surface area (Å²) in [7, 11) is 0. The zero-order valence-corrected chi connectivity index (χ0v) is 19.4. The van der Waals surface area contributed by atoms with Gasteiger partial charge in [0.05, 0.1) is 11.7 Å². The van der Waals surface area contributed by atoms with Crippen molar-refractivity contribution in [1.29, 1.82) is 0 Å². The summed E-state index contributed by atoms with van der Waals surface area (Å²) >= 11 is 5.94. The van der Waals surface area contributed by atoms with Crippen molar-refractivity contribution in [3.05, 3.63) is 64.9 Å². The number of carbonyl (C=O) groups is 1. The molecular formula is C25H30ClFN4O. The summed E-state index contributed by atoms with van der Waals surface area (Å²) in [5.74, 6) is -0.301. The van der Waals surface area contributed by atoms with Crippen molar-refractivity contribution in [3.8, 4) is 0 Å². The first-order chi connectivity index (χ1) is 15.5. The largest absolute Gasteiger partial charge is 0.369 e. The molecule has 7 heteroatoms. The molecule has 1 fully saturated rings. The van der Waals surface area contributed by atoms with Gasteiger partial charge >= 0.3 is 0 Å². The fourth-order valence-electron chi connectivity index (χ4n) is 4.15. The third-order valence-corrected chi connectivity index (χ3v) is 6.00. The number of amides is 1. The van der Waals surface area contributed by atoms with Gasteiger partial charge < -0.3 is 10.2 Å². The number of nitrogens with zero attached hydrogens (tertiary/aromatic N) is 3. The first kappa shape index (κ1) is 24.0. The number of piperazine rings is 1. The van der Waals surface area contributed by atoms with Gasteiger partial charge in [0.25, 0.3) is 0 Å². The molecule has 3 rings (SSSR count). The quantitative estimate of drug-likeness (QED) is 0.526. The highest BCUT2D eigenvalue weighted by Gasteiger charge is 2.29. The minimum Gasteiger partial charge on any atom is -0.369 e. The normalized spacial score (nSPS) is 16.0. The number of benzene rings is 2. The van der Waals surface area contributed by atoms with Gasteiger partial charge in [0.15, 0.2) is 0 Å². The van der Waals surface area contributed by atoms with Gasteiger partial charge in [0.2, 0.25) is 5.91 Å². The number of anilines is 1. The minimum atomic E-state index is -0.299. The fraction of sp³-hybridized carbons (Fsp3) is 0.360. The Balaban J connectivity index is 1.69. The lowest BCUT2D eigenvalue weighted by atomic mass is 10.0. The van der Waals surface area contributed by atoms with E-state index in [0.29, 0.717) is 10.7 Å². The maximum Gasteiger partial charge on any atom is 0.241 e. The number of rotatable bonds is 8. The Morgan fingerprint density at radius 1 is 1.22 bits per heavy atom. The average molecular weight is 457 g/mol. The highest BCUT2D eigenvalue weighted by Crippen LogP contribution is 2.30. The van der Waals surface area contributed by atoms with Crippen molar-refractivity contribution in [2.75, 3.05) is 31.5 Å². The Morgan fingerprint density at radius 2 is 1.91 bits per heavy atom. The molecule has 1 aliphatic heterocycles. The molecule has 0 radical (unpaired) electrons. The lowest BCUT2D eigenvalue weighted by Gasteiger charge is -2.40. The summed E-state index contributed by atoms with van der Waals surface area (Å²) < 4.78 is 13.9. The molecule has 0 saturated carbocycles. The molecule has 1 unspecified atom stereocenters. The second-order valence-corrected chi connectivity index (χ2v) is 8.25. The van der Waals surface area contributed by atoms with Crippen LogP contribution in [0.1, 0.15) is 32.3 Å². The van der Waals surface area contributed by atoms with Crippen LogP contribution in [0.15, 0.2) is 53.5 Å². The van der Waals surface area contributed by atoms with Crippen LogP contribution in [0.3, 0.4) is 0 Å². The predicted molar refractivity (Wildman–Crippen MR) is 131 cm³/mol. The van der Waals surface area contributed by atoms with E-state index in [-0.39, 0.29) is 17.8 Å². The van der Waals surface area contributed by atoms with Crippen LogP contribution >= 0.6 is 11.6 Å². The number of hydrogen-bond acceptors (Lipinski definition) is 4. The molecule has 2 aromatic carbocycles. The average Bonchev–Trinajstić information content (AvgIpc) is 2.80. The molecule has 0 aromatic heterocycles. The van der Waals surface area contributed by atoms with E-state index in [0.717, 1.165) is 56.0 Å². The molecule has 1 atom stereocenters. The zero-order chi connectivity index (χ0) is 23.1. The second-order valence-electron chi connectivity index (χ2n) is 7.82. The molecular weight excluding hydrogens is 427 g/mol. The second kappa shape index (κ2) is 11.2. The van der Waals surface area contributed by atoms with Crippen molar-refractivity contribution < 1.29 is 9.18 Å². The lowest BCUT2D eigenvalue weighted by molar-refractivity contribution is -0.122. The zero-order valence-electron chi connectivity index (χ0n) is 18.7. The van der Waals surface area contributed by atoms with Crippen LogP contribution in [0.2, 0.25) is 5.02 Å². The Labute approximate surface area is 194 Å². The van der Waals surface area contributed by atoms with E-state index in [9.17, 15) is 9.18 Å². The SMILES string of the molecule is C=Nc1ccc(F)cc1/C(=C\C)N1CCN(C(CCC)C(=O)Nc2ccc(Cl)cc2)CC1. The van der Waals surface area contributed by atoms with E-state index in [1.165, 1.54) is 12.1 Å². The smallest absolute Gasteiger partial charge is 0.241 e. The highest BCUT2D eigenvalue weighted by molar-refractivity contribution is 6.30. The Hall–Kier alpha value is -2.70.